The minimum atomic E-state index is -0.573. The molecule has 0 aliphatic carbocycles. The topological polar surface area (TPSA) is 60.4 Å². The van der Waals surface area contributed by atoms with Crippen LogP contribution < -0.4 is 0 Å². The number of ether oxygens (including phenoxy) is 1. The number of esters is 1. The number of benzene rings is 6. The van der Waals surface area contributed by atoms with Crippen molar-refractivity contribution in [2.45, 2.75) is 13.0 Å². The lowest BCUT2D eigenvalue weighted by Gasteiger charge is -2.08. The van der Waals surface area contributed by atoms with Crippen molar-refractivity contribution in [3.8, 4) is 22.3 Å². The van der Waals surface area contributed by atoms with Gasteiger partial charge in [0.25, 0.3) is 0 Å². The van der Waals surface area contributed by atoms with E-state index in [-0.39, 0.29) is 19.0 Å². The molecule has 0 unspecified atom stereocenters. The highest BCUT2D eigenvalue weighted by atomic mass is 16.5. The molecule has 6 rings (SSSR count). The summed E-state index contributed by atoms with van der Waals surface area (Å²) in [7, 11) is 0. The summed E-state index contributed by atoms with van der Waals surface area (Å²) in [6.45, 7) is 0.0752. The van der Waals surface area contributed by atoms with E-state index in [1.54, 1.807) is 54.6 Å². The summed E-state index contributed by atoms with van der Waals surface area (Å²) in [4.78, 5) is 37.7. The second-order valence-corrected chi connectivity index (χ2v) is 11.2. The average Bonchev–Trinajstić information content (AvgIpc) is 3.14. The van der Waals surface area contributed by atoms with Crippen LogP contribution in [0.2, 0.25) is 0 Å². The van der Waals surface area contributed by atoms with Gasteiger partial charge in [-0.2, -0.15) is 0 Å². The highest BCUT2D eigenvalue weighted by Crippen LogP contribution is 2.23. The Hall–Kier alpha value is -6.13. The summed E-state index contributed by atoms with van der Waals surface area (Å²) in [6, 6.07) is 50.1. The first-order chi connectivity index (χ1) is 23.0. The third-order valence-corrected chi connectivity index (χ3v) is 7.86. The Morgan fingerprint density at radius 3 is 1.53 bits per heavy atom. The molecule has 47 heavy (non-hydrogen) atoms. The van der Waals surface area contributed by atoms with Gasteiger partial charge in [-0.1, -0.05) is 170 Å². The van der Waals surface area contributed by atoms with Gasteiger partial charge in [0, 0.05) is 11.1 Å². The number of hydrogen-bond acceptors (Lipinski definition) is 4. The molecule has 0 amide bonds. The van der Waals surface area contributed by atoms with Gasteiger partial charge >= 0.3 is 5.97 Å². The number of carbonyl (C=O) groups is 3. The van der Waals surface area contributed by atoms with Gasteiger partial charge in [-0.25, -0.2) is 0 Å². The highest BCUT2D eigenvalue weighted by molar-refractivity contribution is 6.49. The molecule has 0 radical (unpaired) electrons. The maximum absolute atomic E-state index is 12.7. The summed E-state index contributed by atoms with van der Waals surface area (Å²) in [5, 5.41) is 0. The third kappa shape index (κ3) is 8.13. The molecule has 0 saturated heterocycles. The van der Waals surface area contributed by atoms with Crippen molar-refractivity contribution in [2.24, 2.45) is 0 Å². The fourth-order valence-electron chi connectivity index (χ4n) is 5.24. The Bertz CT molecular complexity index is 2010. The van der Waals surface area contributed by atoms with E-state index < -0.39 is 11.6 Å². The van der Waals surface area contributed by atoms with Crippen LogP contribution >= 0.6 is 0 Å². The van der Waals surface area contributed by atoms with Gasteiger partial charge in [0.2, 0.25) is 11.6 Å². The van der Waals surface area contributed by atoms with Crippen LogP contribution in [-0.4, -0.2) is 17.5 Å². The van der Waals surface area contributed by atoms with Gasteiger partial charge in [0.15, 0.2) is 0 Å². The van der Waals surface area contributed by atoms with Crippen LogP contribution in [0.1, 0.15) is 43.0 Å². The summed E-state index contributed by atoms with van der Waals surface area (Å²) in [5.74, 6) is -1.48. The fourth-order valence-corrected chi connectivity index (χ4v) is 5.24. The number of carbonyl (C=O) groups excluding carboxylic acids is 3. The molecule has 0 fully saturated rings. The molecule has 0 spiro atoms. The summed E-state index contributed by atoms with van der Waals surface area (Å²) in [5.41, 5.74) is 8.95. The van der Waals surface area contributed by atoms with Crippen molar-refractivity contribution < 1.29 is 19.1 Å². The number of ketones is 2. The minimum absolute atomic E-state index is 0.0752. The predicted octanol–water partition coefficient (Wildman–Crippen LogP) is 9.54. The van der Waals surface area contributed by atoms with Gasteiger partial charge < -0.3 is 4.74 Å². The molecule has 0 aliphatic rings. The number of hydrogen-bond donors (Lipinski definition) is 0. The van der Waals surface area contributed by atoms with E-state index in [1.165, 1.54) is 11.1 Å². The lowest BCUT2D eigenvalue weighted by Crippen LogP contribution is -2.14. The number of rotatable bonds is 11. The molecule has 0 saturated carbocycles. The molecule has 4 heteroatoms. The van der Waals surface area contributed by atoms with E-state index in [4.69, 9.17) is 4.74 Å². The normalized spacial score (nSPS) is 10.9. The Labute approximate surface area is 274 Å². The van der Waals surface area contributed by atoms with E-state index in [1.807, 2.05) is 42.5 Å². The monoisotopic (exact) mass is 612 g/mol. The fraction of sp³-hybridized carbons (Fsp3) is 0.0465. The van der Waals surface area contributed by atoms with Gasteiger partial charge in [0.05, 0.1) is 6.42 Å². The third-order valence-electron chi connectivity index (χ3n) is 7.86. The van der Waals surface area contributed by atoms with Crippen LogP contribution in [0.15, 0.2) is 158 Å². The van der Waals surface area contributed by atoms with Crippen LogP contribution in [0.4, 0.5) is 0 Å². The van der Waals surface area contributed by atoms with Crippen LogP contribution in [0.3, 0.4) is 0 Å². The average molecular weight is 613 g/mol. The maximum atomic E-state index is 12.7. The highest BCUT2D eigenvalue weighted by Gasteiger charge is 2.18. The zero-order valence-electron chi connectivity index (χ0n) is 25.7. The quantitative estimate of drug-likeness (QED) is 0.0633. The van der Waals surface area contributed by atoms with E-state index in [0.717, 1.165) is 33.4 Å². The Morgan fingerprint density at radius 2 is 0.936 bits per heavy atom. The van der Waals surface area contributed by atoms with Crippen molar-refractivity contribution in [1.82, 2.24) is 0 Å². The van der Waals surface area contributed by atoms with E-state index in [2.05, 4.69) is 72.8 Å². The molecule has 6 aromatic rings. The number of Topliss-reactive ketones (excluding diaryl/α,β-unsaturated/α-hetero) is 2. The molecular formula is C43H32O4. The lowest BCUT2D eigenvalue weighted by molar-refractivity contribution is -0.144. The van der Waals surface area contributed by atoms with Gasteiger partial charge in [0.1, 0.15) is 6.61 Å². The molecule has 0 N–H and O–H groups in total. The molecule has 0 bridgehead atoms. The Kier molecular flexibility index (Phi) is 9.70. The summed E-state index contributed by atoms with van der Waals surface area (Å²) < 4.78 is 5.50. The van der Waals surface area contributed by atoms with Crippen molar-refractivity contribution in [3.05, 3.63) is 191 Å². The molecule has 0 heterocycles. The summed E-state index contributed by atoms with van der Waals surface area (Å²) >= 11 is 0. The second-order valence-electron chi connectivity index (χ2n) is 11.2. The first kappa shape index (κ1) is 30.9. The zero-order chi connectivity index (χ0) is 32.4. The molecule has 4 nitrogen and oxygen atoms in total. The predicted molar refractivity (Wildman–Crippen MR) is 188 cm³/mol. The van der Waals surface area contributed by atoms with Crippen molar-refractivity contribution in [1.29, 1.82) is 0 Å². The van der Waals surface area contributed by atoms with E-state index in [0.29, 0.717) is 11.1 Å². The first-order valence-corrected chi connectivity index (χ1v) is 15.4. The Morgan fingerprint density at radius 1 is 0.447 bits per heavy atom. The van der Waals surface area contributed by atoms with Crippen molar-refractivity contribution in [2.75, 3.05) is 0 Å². The van der Waals surface area contributed by atoms with Crippen LogP contribution in [0.25, 0.3) is 34.4 Å². The molecule has 6 aromatic carbocycles. The van der Waals surface area contributed by atoms with E-state index in [9.17, 15) is 14.4 Å². The first-order valence-electron chi connectivity index (χ1n) is 15.4. The van der Waals surface area contributed by atoms with Crippen LogP contribution in [0, 0.1) is 0 Å². The SMILES string of the molecule is O=C(Cc1cccc(-c2ccc(/C=C\c3ccc(-c4ccccc4)cc3)cc2)c1)OCc1ccc(C(=O)C(=O)c2ccccc2)cc1. The largest absolute Gasteiger partial charge is 0.461 e. The van der Waals surface area contributed by atoms with Crippen LogP contribution in [-0.2, 0) is 22.6 Å². The molecule has 0 aromatic heterocycles. The lowest BCUT2D eigenvalue weighted by atomic mass is 10.00. The van der Waals surface area contributed by atoms with E-state index >= 15 is 0 Å². The molecule has 228 valence electrons. The van der Waals surface area contributed by atoms with Crippen LogP contribution in [0.5, 0.6) is 0 Å². The minimum Gasteiger partial charge on any atom is -0.461 e. The molecule has 0 aliphatic heterocycles. The standard InChI is InChI=1S/C43H32O4/c44-41(47-30-33-20-26-39(27-21-33)43(46)42(45)38-11-5-2-6-12-38)29-34-8-7-13-40(28-34)37-24-18-32(19-25-37)15-14-31-16-22-36(23-17-31)35-9-3-1-4-10-35/h1-28H,29-30H2/b15-14-. The second kappa shape index (κ2) is 14.8. The molecular weight excluding hydrogens is 580 g/mol. The van der Waals surface area contributed by atoms with Crippen molar-refractivity contribution in [3.63, 3.8) is 0 Å². The maximum Gasteiger partial charge on any atom is 0.310 e. The van der Waals surface area contributed by atoms with Crippen molar-refractivity contribution >= 4 is 29.7 Å². The summed E-state index contributed by atoms with van der Waals surface area (Å²) in [6.07, 6.45) is 4.35. The smallest absolute Gasteiger partial charge is 0.310 e. The van der Waals surface area contributed by atoms with Gasteiger partial charge in [-0.05, 0) is 44.5 Å². The Balaban J connectivity index is 1.01. The van der Waals surface area contributed by atoms with Gasteiger partial charge in [-0.15, -0.1) is 0 Å². The zero-order valence-corrected chi connectivity index (χ0v) is 25.7. The van der Waals surface area contributed by atoms with Gasteiger partial charge in [-0.3, -0.25) is 14.4 Å². The molecule has 0 atom stereocenters.